The maximum absolute atomic E-state index is 8.59. The van der Waals surface area contributed by atoms with Gasteiger partial charge in [-0.1, -0.05) is 58.3 Å². The summed E-state index contributed by atoms with van der Waals surface area (Å²) in [5.41, 5.74) is 0. The van der Waals surface area contributed by atoms with E-state index in [4.69, 9.17) is 9.84 Å². The van der Waals surface area contributed by atoms with E-state index in [-0.39, 0.29) is 0 Å². The Morgan fingerprint density at radius 2 is 1.12 bits per heavy atom. The molecule has 0 radical (unpaired) electrons. The van der Waals surface area contributed by atoms with Gasteiger partial charge >= 0.3 is 0 Å². The van der Waals surface area contributed by atoms with Crippen LogP contribution in [0, 0.1) is 0 Å². The largest absolute Gasteiger partial charge is 0.396 e. The molecule has 0 aromatic heterocycles. The highest BCUT2D eigenvalue weighted by Gasteiger charge is 1.93. The zero-order valence-electron chi connectivity index (χ0n) is 11.8. The molecule has 0 aromatic carbocycles. The van der Waals surface area contributed by atoms with E-state index >= 15 is 0 Å². The topological polar surface area (TPSA) is 29.5 Å². The summed E-state index contributed by atoms with van der Waals surface area (Å²) in [6.45, 7) is 4.28. The van der Waals surface area contributed by atoms with Crippen LogP contribution in [-0.4, -0.2) is 24.9 Å². The Bertz CT molecular complexity index is 112. The smallest absolute Gasteiger partial charge is 0.0466 e. The van der Waals surface area contributed by atoms with Crippen molar-refractivity contribution in [3.05, 3.63) is 0 Å². The maximum atomic E-state index is 8.59. The Morgan fingerprint density at radius 3 is 1.65 bits per heavy atom. The number of rotatable bonds is 14. The van der Waals surface area contributed by atoms with Gasteiger partial charge in [-0.3, -0.25) is 0 Å². The second kappa shape index (κ2) is 15.9. The number of ether oxygens (including phenoxy) is 1. The molecule has 0 heterocycles. The zero-order chi connectivity index (χ0) is 12.6. The predicted octanol–water partition coefficient (Wildman–Crippen LogP) is 4.31. The summed E-state index contributed by atoms with van der Waals surface area (Å²) in [4.78, 5) is 0. The molecule has 2 heteroatoms. The van der Waals surface area contributed by atoms with Gasteiger partial charge in [0.15, 0.2) is 0 Å². The first-order valence-corrected chi connectivity index (χ1v) is 7.60. The van der Waals surface area contributed by atoms with E-state index in [9.17, 15) is 0 Å². The van der Waals surface area contributed by atoms with E-state index in [0.29, 0.717) is 6.61 Å². The average molecular weight is 244 g/mol. The molecule has 0 saturated carbocycles. The molecule has 0 spiro atoms. The number of aliphatic hydroxyl groups is 1. The molecule has 0 aliphatic rings. The molecular formula is C15H32O2. The monoisotopic (exact) mass is 244 g/mol. The van der Waals surface area contributed by atoms with E-state index in [1.165, 1.54) is 57.8 Å². The van der Waals surface area contributed by atoms with Crippen molar-refractivity contribution in [1.82, 2.24) is 0 Å². The van der Waals surface area contributed by atoms with Gasteiger partial charge in [-0.2, -0.15) is 0 Å². The molecule has 0 aliphatic carbocycles. The van der Waals surface area contributed by atoms with Gasteiger partial charge < -0.3 is 9.84 Å². The van der Waals surface area contributed by atoms with Crippen LogP contribution in [0.2, 0.25) is 0 Å². The van der Waals surface area contributed by atoms with Crippen LogP contribution in [0.4, 0.5) is 0 Å². The van der Waals surface area contributed by atoms with Gasteiger partial charge in [0.1, 0.15) is 0 Å². The lowest BCUT2D eigenvalue weighted by molar-refractivity contribution is 0.121. The van der Waals surface area contributed by atoms with Crippen molar-refractivity contribution in [2.45, 2.75) is 77.6 Å². The second-order valence-corrected chi connectivity index (χ2v) is 4.87. The third kappa shape index (κ3) is 15.9. The summed E-state index contributed by atoms with van der Waals surface area (Å²) < 4.78 is 5.48. The summed E-state index contributed by atoms with van der Waals surface area (Å²) in [6.07, 6.45) is 14.1. The van der Waals surface area contributed by atoms with Gasteiger partial charge in [0, 0.05) is 19.8 Å². The Morgan fingerprint density at radius 1 is 0.647 bits per heavy atom. The fourth-order valence-electron chi connectivity index (χ4n) is 1.93. The van der Waals surface area contributed by atoms with Crippen LogP contribution in [0.5, 0.6) is 0 Å². The van der Waals surface area contributed by atoms with Crippen LogP contribution in [0.3, 0.4) is 0 Å². The predicted molar refractivity (Wildman–Crippen MR) is 74.4 cm³/mol. The second-order valence-electron chi connectivity index (χ2n) is 4.87. The summed E-state index contributed by atoms with van der Waals surface area (Å²) in [5, 5.41) is 8.59. The summed E-state index contributed by atoms with van der Waals surface area (Å²) in [6, 6.07) is 0. The molecule has 2 nitrogen and oxygen atoms in total. The molecule has 0 amide bonds. The molecule has 0 fully saturated rings. The van der Waals surface area contributed by atoms with Crippen molar-refractivity contribution in [3.8, 4) is 0 Å². The summed E-state index contributed by atoms with van der Waals surface area (Å²) in [7, 11) is 0. The van der Waals surface area contributed by atoms with Gasteiger partial charge in [-0.25, -0.2) is 0 Å². The maximum Gasteiger partial charge on any atom is 0.0466 e. The van der Waals surface area contributed by atoms with E-state index in [2.05, 4.69) is 6.92 Å². The standard InChI is InChI=1S/C15H32O2/c1-2-3-4-5-6-7-8-9-11-14-17-15-12-10-13-16/h16H,2-15H2,1H3. The van der Waals surface area contributed by atoms with Gasteiger partial charge in [0.05, 0.1) is 0 Å². The Labute approximate surface area is 108 Å². The SMILES string of the molecule is CCCCCCCCCCCOCCCCO. The minimum Gasteiger partial charge on any atom is -0.396 e. The molecule has 104 valence electrons. The minimum absolute atomic E-state index is 0.293. The lowest BCUT2D eigenvalue weighted by Gasteiger charge is -2.04. The number of hydrogen-bond acceptors (Lipinski definition) is 2. The van der Waals surface area contributed by atoms with Crippen LogP contribution < -0.4 is 0 Å². The first kappa shape index (κ1) is 16.9. The van der Waals surface area contributed by atoms with Gasteiger partial charge in [-0.05, 0) is 19.3 Å². The molecule has 0 bridgehead atoms. The third-order valence-electron chi connectivity index (χ3n) is 3.09. The van der Waals surface area contributed by atoms with E-state index in [0.717, 1.165) is 26.1 Å². The van der Waals surface area contributed by atoms with E-state index in [1.54, 1.807) is 0 Å². The lowest BCUT2D eigenvalue weighted by atomic mass is 10.1. The van der Waals surface area contributed by atoms with Crippen LogP contribution in [0.25, 0.3) is 0 Å². The van der Waals surface area contributed by atoms with Crippen molar-refractivity contribution in [2.75, 3.05) is 19.8 Å². The van der Waals surface area contributed by atoms with E-state index in [1.807, 2.05) is 0 Å². The van der Waals surface area contributed by atoms with Crippen molar-refractivity contribution < 1.29 is 9.84 Å². The molecule has 0 saturated heterocycles. The molecular weight excluding hydrogens is 212 g/mol. The van der Waals surface area contributed by atoms with Crippen LogP contribution in [-0.2, 0) is 4.74 Å². The minimum atomic E-state index is 0.293. The van der Waals surface area contributed by atoms with Crippen LogP contribution in [0.15, 0.2) is 0 Å². The molecule has 0 rings (SSSR count). The fourth-order valence-corrected chi connectivity index (χ4v) is 1.93. The van der Waals surface area contributed by atoms with Crippen molar-refractivity contribution in [3.63, 3.8) is 0 Å². The Balaban J connectivity index is 2.85. The fraction of sp³-hybridized carbons (Fsp3) is 1.00. The third-order valence-corrected chi connectivity index (χ3v) is 3.09. The van der Waals surface area contributed by atoms with Crippen molar-refractivity contribution in [1.29, 1.82) is 0 Å². The number of aliphatic hydroxyl groups excluding tert-OH is 1. The molecule has 0 atom stereocenters. The molecule has 0 unspecified atom stereocenters. The van der Waals surface area contributed by atoms with Gasteiger partial charge in [-0.15, -0.1) is 0 Å². The highest BCUT2D eigenvalue weighted by molar-refractivity contribution is 4.46. The molecule has 0 aromatic rings. The lowest BCUT2D eigenvalue weighted by Crippen LogP contribution is -1.98. The van der Waals surface area contributed by atoms with Crippen molar-refractivity contribution in [2.24, 2.45) is 0 Å². The van der Waals surface area contributed by atoms with Crippen LogP contribution in [0.1, 0.15) is 77.6 Å². The van der Waals surface area contributed by atoms with E-state index < -0.39 is 0 Å². The highest BCUT2D eigenvalue weighted by atomic mass is 16.5. The summed E-state index contributed by atoms with van der Waals surface area (Å²) in [5.74, 6) is 0. The first-order valence-electron chi connectivity index (χ1n) is 7.60. The molecule has 0 aliphatic heterocycles. The Kier molecular flexibility index (Phi) is 15.8. The number of unbranched alkanes of at least 4 members (excludes halogenated alkanes) is 9. The van der Waals surface area contributed by atoms with Gasteiger partial charge in [0.2, 0.25) is 0 Å². The first-order chi connectivity index (χ1) is 8.41. The molecule has 1 N–H and O–H groups in total. The normalized spacial score (nSPS) is 10.9. The number of hydrogen-bond donors (Lipinski definition) is 1. The van der Waals surface area contributed by atoms with Crippen molar-refractivity contribution >= 4 is 0 Å². The average Bonchev–Trinajstić information content (AvgIpc) is 2.35. The quantitative estimate of drug-likeness (QED) is 0.461. The van der Waals surface area contributed by atoms with Gasteiger partial charge in [0.25, 0.3) is 0 Å². The van der Waals surface area contributed by atoms with Crippen LogP contribution >= 0.6 is 0 Å². The highest BCUT2D eigenvalue weighted by Crippen LogP contribution is 2.09. The summed E-state index contributed by atoms with van der Waals surface area (Å²) >= 11 is 0. The Hall–Kier alpha value is -0.0800. The molecule has 17 heavy (non-hydrogen) atoms. The zero-order valence-corrected chi connectivity index (χ0v) is 11.8.